The monoisotopic (exact) mass is 663 g/mol. The lowest BCUT2D eigenvalue weighted by molar-refractivity contribution is 0.669. The molecule has 0 aliphatic rings. The van der Waals surface area contributed by atoms with Crippen LogP contribution in [0.5, 0.6) is 0 Å². The normalized spacial score (nSPS) is 12.2. The van der Waals surface area contributed by atoms with Gasteiger partial charge in [0.2, 0.25) is 0 Å². The molecule has 4 heteroatoms. The standard InChI is InChI=1S/C48H29N3O/c1-2-10-30(11-3-1)31-18-20-32(21-19-31)49(33-23-27-46-40(28-33)37-14-6-9-17-45(37)52-46)34-22-26-43-44(29-34)51-42-16-8-5-13-36(42)39-25-24-38-35-12-4-7-15-41(35)50(43)47(38)48(39)51/h1-29H. The summed E-state index contributed by atoms with van der Waals surface area (Å²) in [5, 5.41) is 7.31. The van der Waals surface area contributed by atoms with Crippen molar-refractivity contribution in [3.63, 3.8) is 0 Å². The fraction of sp³-hybridized carbons (Fsp3) is 0. The molecule has 0 saturated heterocycles. The third-order valence-corrected chi connectivity index (χ3v) is 11.0. The second-order valence-electron chi connectivity index (χ2n) is 13.8. The molecule has 0 atom stereocenters. The summed E-state index contributed by atoms with van der Waals surface area (Å²) < 4.78 is 11.2. The minimum Gasteiger partial charge on any atom is -0.456 e. The third-order valence-electron chi connectivity index (χ3n) is 11.0. The molecule has 12 aromatic rings. The summed E-state index contributed by atoms with van der Waals surface area (Å²) in [7, 11) is 0. The number of anilines is 3. The van der Waals surface area contributed by atoms with E-state index in [9.17, 15) is 0 Å². The molecule has 8 aromatic carbocycles. The van der Waals surface area contributed by atoms with Crippen molar-refractivity contribution in [2.75, 3.05) is 4.90 Å². The van der Waals surface area contributed by atoms with Gasteiger partial charge in [0, 0.05) is 49.4 Å². The maximum Gasteiger partial charge on any atom is 0.135 e. The van der Waals surface area contributed by atoms with Crippen LogP contribution in [0.4, 0.5) is 17.1 Å². The van der Waals surface area contributed by atoms with E-state index in [1.807, 2.05) is 12.1 Å². The van der Waals surface area contributed by atoms with Crippen LogP contribution in [0.3, 0.4) is 0 Å². The first-order valence-electron chi connectivity index (χ1n) is 17.8. The fourth-order valence-electron chi connectivity index (χ4n) is 8.75. The van der Waals surface area contributed by atoms with Crippen LogP contribution in [0.25, 0.3) is 87.7 Å². The SMILES string of the molecule is c1ccc(-c2ccc(N(c3ccc4oc5ccccc5c4c3)c3ccc4c(c3)n3c5ccccc5c5ccc6c7ccccc7n4c6c53)cc2)cc1. The predicted octanol–water partition coefficient (Wildman–Crippen LogP) is 13.3. The van der Waals surface area contributed by atoms with Crippen molar-refractivity contribution in [2.24, 2.45) is 0 Å². The molecule has 0 saturated carbocycles. The van der Waals surface area contributed by atoms with E-state index in [1.54, 1.807) is 0 Å². The van der Waals surface area contributed by atoms with Crippen molar-refractivity contribution in [2.45, 2.75) is 0 Å². The van der Waals surface area contributed by atoms with Gasteiger partial charge in [0.05, 0.1) is 33.1 Å². The van der Waals surface area contributed by atoms with Crippen LogP contribution in [-0.4, -0.2) is 8.80 Å². The summed E-state index contributed by atoms with van der Waals surface area (Å²) in [6.45, 7) is 0. The minimum absolute atomic E-state index is 0.885. The molecular formula is C48H29N3O. The first kappa shape index (κ1) is 27.7. The first-order chi connectivity index (χ1) is 25.8. The number of fused-ring (bicyclic) bond motifs is 12. The zero-order chi connectivity index (χ0) is 33.9. The predicted molar refractivity (Wildman–Crippen MR) is 217 cm³/mol. The molecule has 0 N–H and O–H groups in total. The zero-order valence-electron chi connectivity index (χ0n) is 28.0. The Labute approximate surface area is 297 Å². The van der Waals surface area contributed by atoms with Gasteiger partial charge in [0.1, 0.15) is 11.2 Å². The summed E-state index contributed by atoms with van der Waals surface area (Å²) in [4.78, 5) is 2.38. The largest absolute Gasteiger partial charge is 0.456 e. The van der Waals surface area contributed by atoms with Gasteiger partial charge in [-0.3, -0.25) is 0 Å². The van der Waals surface area contributed by atoms with Gasteiger partial charge in [-0.25, -0.2) is 0 Å². The Bertz CT molecular complexity index is 3350. The van der Waals surface area contributed by atoms with Crippen molar-refractivity contribution < 1.29 is 4.42 Å². The van der Waals surface area contributed by atoms with Gasteiger partial charge in [-0.05, 0) is 77.9 Å². The highest BCUT2D eigenvalue weighted by atomic mass is 16.3. The third kappa shape index (κ3) is 3.70. The fourth-order valence-corrected chi connectivity index (χ4v) is 8.75. The lowest BCUT2D eigenvalue weighted by atomic mass is 10.0. The molecular weight excluding hydrogens is 635 g/mol. The Balaban J connectivity index is 1.17. The van der Waals surface area contributed by atoms with Gasteiger partial charge in [-0.15, -0.1) is 0 Å². The number of benzene rings is 8. The number of rotatable bonds is 4. The Kier molecular flexibility index (Phi) is 5.47. The van der Waals surface area contributed by atoms with Gasteiger partial charge < -0.3 is 18.1 Å². The lowest BCUT2D eigenvalue weighted by Crippen LogP contribution is -2.10. The van der Waals surface area contributed by atoms with Crippen LogP contribution in [-0.2, 0) is 0 Å². The summed E-state index contributed by atoms with van der Waals surface area (Å²) in [5.74, 6) is 0. The van der Waals surface area contributed by atoms with Crippen molar-refractivity contribution in [3.8, 4) is 11.1 Å². The summed E-state index contributed by atoms with van der Waals surface area (Å²) in [6, 6.07) is 63.6. The number of hydrogen-bond acceptors (Lipinski definition) is 2. The van der Waals surface area contributed by atoms with Crippen molar-refractivity contribution in [1.29, 1.82) is 0 Å². The summed E-state index contributed by atoms with van der Waals surface area (Å²) >= 11 is 0. The number of nitrogens with zero attached hydrogens (tertiary/aromatic N) is 3. The highest BCUT2D eigenvalue weighted by Gasteiger charge is 2.23. The van der Waals surface area contributed by atoms with Crippen LogP contribution < -0.4 is 4.90 Å². The summed E-state index contributed by atoms with van der Waals surface area (Å²) in [5.41, 5.74) is 14.7. The molecule has 0 spiro atoms. The number of aromatic nitrogens is 2. The second kappa shape index (κ2) is 10.3. The van der Waals surface area contributed by atoms with Gasteiger partial charge in [-0.2, -0.15) is 0 Å². The molecule has 0 fully saturated rings. The van der Waals surface area contributed by atoms with E-state index in [-0.39, 0.29) is 0 Å². The molecule has 12 rings (SSSR count). The van der Waals surface area contributed by atoms with Gasteiger partial charge >= 0.3 is 0 Å². The van der Waals surface area contributed by atoms with Crippen LogP contribution in [0.15, 0.2) is 180 Å². The van der Waals surface area contributed by atoms with Gasteiger partial charge in [0.25, 0.3) is 0 Å². The van der Waals surface area contributed by atoms with Crippen molar-refractivity contribution >= 4 is 93.6 Å². The quantitative estimate of drug-likeness (QED) is 0.175. The minimum atomic E-state index is 0.885. The highest BCUT2D eigenvalue weighted by molar-refractivity contribution is 6.25. The molecule has 0 aliphatic heterocycles. The zero-order valence-corrected chi connectivity index (χ0v) is 28.0. The maximum atomic E-state index is 6.27. The van der Waals surface area contributed by atoms with Crippen LogP contribution >= 0.6 is 0 Å². The number of furan rings is 1. The van der Waals surface area contributed by atoms with Crippen molar-refractivity contribution in [3.05, 3.63) is 176 Å². The Morgan fingerprint density at radius 3 is 1.60 bits per heavy atom. The molecule has 4 aromatic heterocycles. The van der Waals surface area contributed by atoms with Crippen LogP contribution in [0.2, 0.25) is 0 Å². The molecule has 0 amide bonds. The molecule has 0 radical (unpaired) electrons. The first-order valence-corrected chi connectivity index (χ1v) is 17.8. The topological polar surface area (TPSA) is 25.2 Å². The lowest BCUT2D eigenvalue weighted by Gasteiger charge is -2.26. The molecule has 0 bridgehead atoms. The molecule has 0 unspecified atom stereocenters. The van der Waals surface area contributed by atoms with E-state index < -0.39 is 0 Å². The van der Waals surface area contributed by atoms with E-state index in [0.717, 1.165) is 44.5 Å². The van der Waals surface area contributed by atoms with Crippen LogP contribution in [0.1, 0.15) is 0 Å². The van der Waals surface area contributed by atoms with E-state index in [0.29, 0.717) is 0 Å². The van der Waals surface area contributed by atoms with E-state index in [4.69, 9.17) is 4.42 Å². The average molecular weight is 664 g/mol. The Hall–Kier alpha value is -7.04. The molecule has 4 heterocycles. The smallest absolute Gasteiger partial charge is 0.135 e. The molecule has 242 valence electrons. The maximum absolute atomic E-state index is 6.27. The van der Waals surface area contributed by atoms with Gasteiger partial charge in [0.15, 0.2) is 0 Å². The van der Waals surface area contributed by atoms with E-state index in [1.165, 1.54) is 60.3 Å². The van der Waals surface area contributed by atoms with Crippen molar-refractivity contribution in [1.82, 2.24) is 8.80 Å². The number of hydrogen-bond donors (Lipinski definition) is 0. The van der Waals surface area contributed by atoms with E-state index >= 15 is 0 Å². The van der Waals surface area contributed by atoms with Gasteiger partial charge in [-0.1, -0.05) is 109 Å². The highest BCUT2D eigenvalue weighted by Crippen LogP contribution is 2.44. The number of para-hydroxylation sites is 3. The molecule has 52 heavy (non-hydrogen) atoms. The van der Waals surface area contributed by atoms with Crippen LogP contribution in [0, 0.1) is 0 Å². The molecule has 0 aliphatic carbocycles. The molecule has 4 nitrogen and oxygen atoms in total. The second-order valence-corrected chi connectivity index (χ2v) is 13.8. The Morgan fingerprint density at radius 2 is 0.865 bits per heavy atom. The Morgan fingerprint density at radius 1 is 0.327 bits per heavy atom. The van der Waals surface area contributed by atoms with E-state index in [2.05, 4.69) is 177 Å². The average Bonchev–Trinajstić information content (AvgIpc) is 3.87. The summed E-state index contributed by atoms with van der Waals surface area (Å²) in [6.07, 6.45) is 0.